The van der Waals surface area contributed by atoms with Gasteiger partial charge in [-0.25, -0.2) is 4.79 Å². The summed E-state index contributed by atoms with van der Waals surface area (Å²) in [6.45, 7) is 0.484. The summed E-state index contributed by atoms with van der Waals surface area (Å²) in [5, 5.41) is 2.69. The van der Waals surface area contributed by atoms with Gasteiger partial charge in [0.15, 0.2) is 18.1 Å². The van der Waals surface area contributed by atoms with Crippen molar-refractivity contribution in [2.75, 3.05) is 32.3 Å². The Morgan fingerprint density at radius 2 is 1.87 bits per heavy atom. The standard InChI is InChI=1S/C22H24N2O6/c1-28-18-9-8-15(11-19(18)29-2)13-23-20(25)14-30-22(27)16-5-3-6-17(12-16)24-10-4-7-21(24)26/h3,5-6,8-9,11-12H,4,7,10,13-14H2,1-2H3,(H,23,25). The number of hydrogen-bond donors (Lipinski definition) is 1. The van der Waals surface area contributed by atoms with Gasteiger partial charge in [-0.15, -0.1) is 0 Å². The number of hydrogen-bond acceptors (Lipinski definition) is 6. The Bertz CT molecular complexity index is 943. The quantitative estimate of drug-likeness (QED) is 0.669. The van der Waals surface area contributed by atoms with Crippen molar-refractivity contribution in [3.8, 4) is 11.5 Å². The van der Waals surface area contributed by atoms with Crippen molar-refractivity contribution in [2.24, 2.45) is 0 Å². The van der Waals surface area contributed by atoms with Gasteiger partial charge >= 0.3 is 5.97 Å². The second-order valence-electron chi connectivity index (χ2n) is 6.74. The third-order valence-electron chi connectivity index (χ3n) is 4.74. The molecule has 1 saturated heterocycles. The second-order valence-corrected chi connectivity index (χ2v) is 6.74. The number of ether oxygens (including phenoxy) is 3. The summed E-state index contributed by atoms with van der Waals surface area (Å²) in [6, 6.07) is 12.0. The molecule has 30 heavy (non-hydrogen) atoms. The van der Waals surface area contributed by atoms with Gasteiger partial charge in [0.25, 0.3) is 5.91 Å². The van der Waals surface area contributed by atoms with Crippen molar-refractivity contribution in [1.29, 1.82) is 0 Å². The third kappa shape index (κ3) is 5.08. The fraction of sp³-hybridized carbons (Fsp3) is 0.318. The normalized spacial score (nSPS) is 13.1. The first-order chi connectivity index (χ1) is 14.5. The van der Waals surface area contributed by atoms with Gasteiger partial charge in [-0.1, -0.05) is 12.1 Å². The second kappa shape index (κ2) is 9.78. The van der Waals surface area contributed by atoms with E-state index in [0.29, 0.717) is 35.7 Å². The molecule has 2 amide bonds. The average molecular weight is 412 g/mol. The minimum Gasteiger partial charge on any atom is -0.493 e. The molecule has 0 spiro atoms. The van der Waals surface area contributed by atoms with Crippen LogP contribution in [0.25, 0.3) is 0 Å². The molecule has 0 atom stereocenters. The summed E-state index contributed by atoms with van der Waals surface area (Å²) in [5.74, 6) is 0.148. The summed E-state index contributed by atoms with van der Waals surface area (Å²) in [5.41, 5.74) is 1.76. The van der Waals surface area contributed by atoms with Crippen LogP contribution in [0.4, 0.5) is 5.69 Å². The molecule has 2 aromatic rings. The van der Waals surface area contributed by atoms with E-state index in [9.17, 15) is 14.4 Å². The number of esters is 1. The van der Waals surface area contributed by atoms with E-state index in [1.807, 2.05) is 0 Å². The zero-order chi connectivity index (χ0) is 21.5. The molecule has 1 aliphatic rings. The highest BCUT2D eigenvalue weighted by molar-refractivity contribution is 5.97. The Morgan fingerprint density at radius 1 is 1.07 bits per heavy atom. The first kappa shape index (κ1) is 21.2. The molecule has 8 heteroatoms. The van der Waals surface area contributed by atoms with Gasteiger partial charge < -0.3 is 24.4 Å². The lowest BCUT2D eigenvalue weighted by molar-refractivity contribution is -0.124. The van der Waals surface area contributed by atoms with Gasteiger partial charge in [0.05, 0.1) is 19.8 Å². The molecule has 158 valence electrons. The maximum Gasteiger partial charge on any atom is 0.338 e. The van der Waals surface area contributed by atoms with E-state index in [4.69, 9.17) is 14.2 Å². The molecule has 0 radical (unpaired) electrons. The van der Waals surface area contributed by atoms with Crippen LogP contribution in [-0.4, -0.2) is 45.2 Å². The lowest BCUT2D eigenvalue weighted by atomic mass is 10.2. The maximum absolute atomic E-state index is 12.3. The van der Waals surface area contributed by atoms with Crippen LogP contribution in [0.5, 0.6) is 11.5 Å². The number of methoxy groups -OCH3 is 2. The molecule has 1 fully saturated rings. The first-order valence-electron chi connectivity index (χ1n) is 9.57. The fourth-order valence-corrected chi connectivity index (χ4v) is 3.18. The van der Waals surface area contributed by atoms with Gasteiger partial charge in [0.1, 0.15) is 0 Å². The first-order valence-corrected chi connectivity index (χ1v) is 9.57. The Morgan fingerprint density at radius 3 is 2.57 bits per heavy atom. The molecule has 0 bridgehead atoms. The summed E-state index contributed by atoms with van der Waals surface area (Å²) in [6.07, 6.45) is 1.31. The van der Waals surface area contributed by atoms with Crippen LogP contribution in [0.2, 0.25) is 0 Å². The van der Waals surface area contributed by atoms with Crippen molar-refractivity contribution in [1.82, 2.24) is 5.32 Å². The number of nitrogens with zero attached hydrogens (tertiary/aromatic N) is 1. The number of benzene rings is 2. The highest BCUT2D eigenvalue weighted by atomic mass is 16.5. The van der Waals surface area contributed by atoms with E-state index in [2.05, 4.69) is 5.32 Å². The Labute approximate surface area is 174 Å². The van der Waals surface area contributed by atoms with Gasteiger partial charge in [-0.05, 0) is 42.3 Å². The molecule has 0 aromatic heterocycles. The van der Waals surface area contributed by atoms with E-state index in [1.54, 1.807) is 54.5 Å². The van der Waals surface area contributed by atoms with Crippen LogP contribution in [0, 0.1) is 0 Å². The zero-order valence-corrected chi connectivity index (χ0v) is 17.0. The fourth-order valence-electron chi connectivity index (χ4n) is 3.18. The monoisotopic (exact) mass is 412 g/mol. The molecule has 0 unspecified atom stereocenters. The summed E-state index contributed by atoms with van der Waals surface area (Å²) in [4.78, 5) is 37.9. The molecule has 0 aliphatic carbocycles. The van der Waals surface area contributed by atoms with Crippen molar-refractivity contribution in [2.45, 2.75) is 19.4 Å². The third-order valence-corrected chi connectivity index (χ3v) is 4.74. The number of amides is 2. The molecule has 2 aromatic carbocycles. The predicted octanol–water partition coefficient (Wildman–Crippen LogP) is 2.30. The van der Waals surface area contributed by atoms with Crippen molar-refractivity contribution in [3.05, 3.63) is 53.6 Å². The van der Waals surface area contributed by atoms with E-state index < -0.39 is 18.5 Å². The van der Waals surface area contributed by atoms with Gasteiger partial charge in [0.2, 0.25) is 5.91 Å². The Balaban J connectivity index is 1.51. The lowest BCUT2D eigenvalue weighted by Gasteiger charge is -2.16. The van der Waals surface area contributed by atoms with Crippen LogP contribution >= 0.6 is 0 Å². The minimum absolute atomic E-state index is 0.0371. The molecular formula is C22H24N2O6. The molecule has 3 rings (SSSR count). The summed E-state index contributed by atoms with van der Waals surface area (Å²) >= 11 is 0. The van der Waals surface area contributed by atoms with E-state index in [0.717, 1.165) is 12.0 Å². The number of anilines is 1. The number of rotatable bonds is 8. The summed E-state index contributed by atoms with van der Waals surface area (Å²) < 4.78 is 15.5. The van der Waals surface area contributed by atoms with Crippen molar-refractivity contribution in [3.63, 3.8) is 0 Å². The maximum atomic E-state index is 12.3. The van der Waals surface area contributed by atoms with Gasteiger partial charge in [-0.2, -0.15) is 0 Å². The van der Waals surface area contributed by atoms with Crippen LogP contribution in [0.1, 0.15) is 28.8 Å². The average Bonchev–Trinajstić information content (AvgIpc) is 3.21. The Kier molecular flexibility index (Phi) is 6.90. The van der Waals surface area contributed by atoms with Crippen molar-refractivity contribution < 1.29 is 28.6 Å². The van der Waals surface area contributed by atoms with Crippen LogP contribution < -0.4 is 19.7 Å². The van der Waals surface area contributed by atoms with E-state index >= 15 is 0 Å². The molecule has 8 nitrogen and oxygen atoms in total. The van der Waals surface area contributed by atoms with Crippen LogP contribution in [0.15, 0.2) is 42.5 Å². The summed E-state index contributed by atoms with van der Waals surface area (Å²) in [7, 11) is 3.08. The highest BCUT2D eigenvalue weighted by Gasteiger charge is 2.22. The van der Waals surface area contributed by atoms with Crippen LogP contribution in [0.3, 0.4) is 0 Å². The van der Waals surface area contributed by atoms with Gasteiger partial charge in [-0.3, -0.25) is 9.59 Å². The smallest absolute Gasteiger partial charge is 0.338 e. The topological polar surface area (TPSA) is 94.2 Å². The van der Waals surface area contributed by atoms with E-state index in [1.165, 1.54) is 7.11 Å². The minimum atomic E-state index is -0.621. The molecule has 1 aliphatic heterocycles. The number of carbonyl (C=O) groups excluding carboxylic acids is 3. The highest BCUT2D eigenvalue weighted by Crippen LogP contribution is 2.27. The molecular weight excluding hydrogens is 388 g/mol. The SMILES string of the molecule is COc1ccc(CNC(=O)COC(=O)c2cccc(N3CCCC3=O)c2)cc1OC. The lowest BCUT2D eigenvalue weighted by Crippen LogP contribution is -2.28. The largest absolute Gasteiger partial charge is 0.493 e. The number of nitrogens with one attached hydrogen (secondary N) is 1. The molecule has 0 saturated carbocycles. The zero-order valence-electron chi connectivity index (χ0n) is 17.0. The van der Waals surface area contributed by atoms with Gasteiger partial charge in [0, 0.05) is 25.2 Å². The molecule has 1 heterocycles. The number of carbonyl (C=O) groups is 3. The Hall–Kier alpha value is -3.55. The van der Waals surface area contributed by atoms with Crippen LogP contribution in [-0.2, 0) is 20.9 Å². The van der Waals surface area contributed by atoms with E-state index in [-0.39, 0.29) is 12.5 Å². The predicted molar refractivity (Wildman–Crippen MR) is 110 cm³/mol. The molecule has 1 N–H and O–H groups in total. The van der Waals surface area contributed by atoms with Crippen molar-refractivity contribution >= 4 is 23.5 Å².